The summed E-state index contributed by atoms with van der Waals surface area (Å²) in [6, 6.07) is 0. The minimum atomic E-state index is -0.00277. The number of aryl methyl sites for hydroxylation is 1. The Kier molecular flexibility index (Phi) is 7.09. The highest BCUT2D eigenvalue weighted by Crippen LogP contribution is 2.23. The molecule has 27 heavy (non-hydrogen) atoms. The predicted molar refractivity (Wildman–Crippen MR) is 104 cm³/mol. The number of morpholine rings is 1. The molecule has 0 aromatic carbocycles. The fourth-order valence-corrected chi connectivity index (χ4v) is 3.85. The summed E-state index contributed by atoms with van der Waals surface area (Å²) in [6.07, 6.45) is 9.53. The number of nitrogens with one attached hydrogen (secondary N) is 2. The number of amides is 1. The largest absolute Gasteiger partial charge is 0.370 e. The van der Waals surface area contributed by atoms with E-state index in [1.165, 1.54) is 19.3 Å². The summed E-state index contributed by atoms with van der Waals surface area (Å²) in [6.45, 7) is 3.47. The molecule has 2 N–H and O–H groups in total. The van der Waals surface area contributed by atoms with Gasteiger partial charge in [0.15, 0.2) is 5.96 Å². The van der Waals surface area contributed by atoms with Gasteiger partial charge in [0.05, 0.1) is 19.3 Å². The van der Waals surface area contributed by atoms with Crippen LogP contribution in [-0.2, 0) is 16.6 Å². The predicted octanol–water partition coefficient (Wildman–Crippen LogP) is 1.07. The first kappa shape index (κ1) is 19.7. The summed E-state index contributed by atoms with van der Waals surface area (Å²) in [5.41, 5.74) is 1.08. The second kappa shape index (κ2) is 9.73. The number of ether oxygens (including phenoxy) is 1. The fourth-order valence-electron chi connectivity index (χ4n) is 3.85. The van der Waals surface area contributed by atoms with Gasteiger partial charge in [-0.05, 0) is 12.8 Å². The van der Waals surface area contributed by atoms with Crippen LogP contribution in [0.15, 0.2) is 17.4 Å². The molecule has 2 fully saturated rings. The quantitative estimate of drug-likeness (QED) is 0.456. The van der Waals surface area contributed by atoms with E-state index in [1.54, 1.807) is 11.7 Å². The van der Waals surface area contributed by atoms with Crippen LogP contribution in [0.2, 0.25) is 0 Å². The summed E-state index contributed by atoms with van der Waals surface area (Å²) in [7, 11) is 3.70. The molecule has 150 valence electrons. The third kappa shape index (κ3) is 5.45. The van der Waals surface area contributed by atoms with Crippen LogP contribution in [0, 0.1) is 5.92 Å². The second-order valence-electron chi connectivity index (χ2n) is 7.35. The van der Waals surface area contributed by atoms with Crippen LogP contribution in [0.3, 0.4) is 0 Å². The highest BCUT2D eigenvalue weighted by atomic mass is 16.5. The van der Waals surface area contributed by atoms with Gasteiger partial charge in [-0.3, -0.25) is 14.5 Å². The van der Waals surface area contributed by atoms with Crippen molar-refractivity contribution in [2.45, 2.75) is 38.2 Å². The lowest BCUT2D eigenvalue weighted by Crippen LogP contribution is -2.49. The molecule has 2 aliphatic rings. The minimum absolute atomic E-state index is 0.00277. The molecule has 1 amide bonds. The molecule has 1 saturated heterocycles. The highest BCUT2D eigenvalue weighted by Gasteiger charge is 2.25. The van der Waals surface area contributed by atoms with Crippen molar-refractivity contribution >= 4 is 11.9 Å². The van der Waals surface area contributed by atoms with Crippen molar-refractivity contribution in [1.29, 1.82) is 0 Å². The van der Waals surface area contributed by atoms with Gasteiger partial charge < -0.3 is 20.3 Å². The van der Waals surface area contributed by atoms with E-state index >= 15 is 0 Å². The van der Waals surface area contributed by atoms with Crippen molar-refractivity contribution in [2.24, 2.45) is 18.0 Å². The Morgan fingerprint density at radius 1 is 1.30 bits per heavy atom. The lowest BCUT2D eigenvalue weighted by atomic mass is 9.89. The standard InChI is InChI=1S/C19H32N6O2/c1-20-19(22-9-8-21-18(26)15-6-4-3-5-7-15)25-10-11-27-17(14-25)16-12-23-24(2)13-16/h12-13,15,17H,3-11,14H2,1-2H3,(H,20,22)(H,21,26). The number of rotatable bonds is 5. The molecular weight excluding hydrogens is 344 g/mol. The third-order valence-corrected chi connectivity index (χ3v) is 5.36. The van der Waals surface area contributed by atoms with Gasteiger partial charge in [-0.25, -0.2) is 0 Å². The molecule has 1 aliphatic heterocycles. The van der Waals surface area contributed by atoms with Gasteiger partial charge in [-0.15, -0.1) is 0 Å². The van der Waals surface area contributed by atoms with E-state index < -0.39 is 0 Å². The lowest BCUT2D eigenvalue weighted by molar-refractivity contribution is -0.125. The Morgan fingerprint density at radius 3 is 2.78 bits per heavy atom. The first-order chi connectivity index (χ1) is 13.2. The molecule has 0 spiro atoms. The molecule has 1 aromatic rings. The highest BCUT2D eigenvalue weighted by molar-refractivity contribution is 5.80. The average molecular weight is 377 g/mol. The van der Waals surface area contributed by atoms with Crippen LogP contribution in [0.5, 0.6) is 0 Å². The van der Waals surface area contributed by atoms with Crippen molar-refractivity contribution in [2.75, 3.05) is 39.8 Å². The van der Waals surface area contributed by atoms with Crippen molar-refractivity contribution in [3.05, 3.63) is 18.0 Å². The summed E-state index contributed by atoms with van der Waals surface area (Å²) >= 11 is 0. The molecule has 0 radical (unpaired) electrons. The Balaban J connectivity index is 1.42. The average Bonchev–Trinajstić information content (AvgIpc) is 3.15. The van der Waals surface area contributed by atoms with Gasteiger partial charge in [0, 0.05) is 51.4 Å². The van der Waals surface area contributed by atoms with Gasteiger partial charge in [-0.1, -0.05) is 19.3 Å². The number of aliphatic imine (C=N–C) groups is 1. The Bertz CT molecular complexity index is 638. The zero-order valence-electron chi connectivity index (χ0n) is 16.5. The van der Waals surface area contributed by atoms with Crippen molar-refractivity contribution in [3.63, 3.8) is 0 Å². The zero-order valence-corrected chi connectivity index (χ0v) is 16.5. The molecule has 1 aromatic heterocycles. The van der Waals surface area contributed by atoms with E-state index in [0.717, 1.165) is 37.5 Å². The third-order valence-electron chi connectivity index (χ3n) is 5.36. The van der Waals surface area contributed by atoms with E-state index in [4.69, 9.17) is 4.74 Å². The Labute approximate surface area is 161 Å². The van der Waals surface area contributed by atoms with E-state index in [-0.39, 0.29) is 17.9 Å². The number of hydrogen-bond acceptors (Lipinski definition) is 4. The van der Waals surface area contributed by atoms with Crippen LogP contribution in [0.4, 0.5) is 0 Å². The van der Waals surface area contributed by atoms with Crippen LogP contribution in [0.25, 0.3) is 0 Å². The van der Waals surface area contributed by atoms with Gasteiger partial charge >= 0.3 is 0 Å². The molecule has 8 nitrogen and oxygen atoms in total. The van der Waals surface area contributed by atoms with E-state index in [1.807, 2.05) is 19.4 Å². The molecular formula is C19H32N6O2. The van der Waals surface area contributed by atoms with Crippen LogP contribution >= 0.6 is 0 Å². The number of carbonyl (C=O) groups excluding carboxylic acids is 1. The maximum absolute atomic E-state index is 12.2. The maximum atomic E-state index is 12.2. The van der Waals surface area contributed by atoms with Gasteiger partial charge in [0.1, 0.15) is 6.10 Å². The molecule has 1 atom stereocenters. The summed E-state index contributed by atoms with van der Waals surface area (Å²) in [5, 5.41) is 10.7. The molecule has 1 aliphatic carbocycles. The summed E-state index contributed by atoms with van der Waals surface area (Å²) in [5.74, 6) is 1.26. The summed E-state index contributed by atoms with van der Waals surface area (Å²) < 4.78 is 7.68. The molecule has 1 unspecified atom stereocenters. The smallest absolute Gasteiger partial charge is 0.223 e. The topological polar surface area (TPSA) is 83.8 Å². The van der Waals surface area contributed by atoms with Crippen LogP contribution in [0.1, 0.15) is 43.8 Å². The van der Waals surface area contributed by atoms with Gasteiger partial charge in [0.2, 0.25) is 5.91 Å². The number of guanidine groups is 1. The van der Waals surface area contributed by atoms with E-state index in [0.29, 0.717) is 19.7 Å². The number of aromatic nitrogens is 2. The molecule has 1 saturated carbocycles. The number of hydrogen-bond donors (Lipinski definition) is 2. The number of carbonyl (C=O) groups is 1. The maximum Gasteiger partial charge on any atom is 0.223 e. The lowest BCUT2D eigenvalue weighted by Gasteiger charge is -2.34. The summed E-state index contributed by atoms with van der Waals surface area (Å²) in [4.78, 5) is 18.8. The monoisotopic (exact) mass is 376 g/mol. The first-order valence-corrected chi connectivity index (χ1v) is 10.0. The molecule has 8 heteroatoms. The zero-order chi connectivity index (χ0) is 19.1. The van der Waals surface area contributed by atoms with Gasteiger partial charge in [-0.2, -0.15) is 5.10 Å². The fraction of sp³-hybridized carbons (Fsp3) is 0.737. The first-order valence-electron chi connectivity index (χ1n) is 10.0. The van der Waals surface area contributed by atoms with Crippen molar-refractivity contribution in [3.8, 4) is 0 Å². The van der Waals surface area contributed by atoms with Gasteiger partial charge in [0.25, 0.3) is 0 Å². The SMILES string of the molecule is CN=C(NCCNC(=O)C1CCCCC1)N1CCOC(c2cnn(C)c2)C1. The van der Waals surface area contributed by atoms with E-state index in [2.05, 4.69) is 25.6 Å². The van der Waals surface area contributed by atoms with Crippen molar-refractivity contribution in [1.82, 2.24) is 25.3 Å². The van der Waals surface area contributed by atoms with Crippen LogP contribution < -0.4 is 10.6 Å². The van der Waals surface area contributed by atoms with Crippen molar-refractivity contribution < 1.29 is 9.53 Å². The molecule has 3 rings (SSSR count). The molecule has 2 heterocycles. The minimum Gasteiger partial charge on any atom is -0.370 e. The van der Waals surface area contributed by atoms with E-state index in [9.17, 15) is 4.79 Å². The Hall–Kier alpha value is -2.09. The number of nitrogens with zero attached hydrogens (tertiary/aromatic N) is 4. The second-order valence-corrected chi connectivity index (χ2v) is 7.35. The normalized spacial score (nSPS) is 21.9. The Morgan fingerprint density at radius 2 is 2.07 bits per heavy atom. The van der Waals surface area contributed by atoms with Crippen LogP contribution in [-0.4, -0.2) is 66.4 Å². The molecule has 0 bridgehead atoms.